The molecule has 112 valence electrons. The zero-order valence-electron chi connectivity index (χ0n) is 12.7. The van der Waals surface area contributed by atoms with E-state index in [9.17, 15) is 4.79 Å². The Morgan fingerprint density at radius 3 is 2.67 bits per heavy atom. The lowest BCUT2D eigenvalue weighted by Crippen LogP contribution is -2.45. The third-order valence-electron chi connectivity index (χ3n) is 3.29. The molecular weight excluding hydrogens is 268 g/mol. The van der Waals surface area contributed by atoms with E-state index >= 15 is 0 Å². The Balaban J connectivity index is 2.23. The fourth-order valence-electron chi connectivity index (χ4n) is 1.82. The minimum atomic E-state index is -0.588. The Hall–Kier alpha value is -2.28. The van der Waals surface area contributed by atoms with E-state index in [-0.39, 0.29) is 11.3 Å². The van der Waals surface area contributed by atoms with Crippen molar-refractivity contribution in [2.75, 3.05) is 5.32 Å². The van der Waals surface area contributed by atoms with Gasteiger partial charge in [-0.25, -0.2) is 4.68 Å². The molecule has 1 heterocycles. The summed E-state index contributed by atoms with van der Waals surface area (Å²) in [5, 5.41) is 13.9. The number of carbonyl (C=O) groups is 1. The van der Waals surface area contributed by atoms with Gasteiger partial charge in [-0.15, -0.1) is 5.10 Å². The number of benzene rings is 1. The van der Waals surface area contributed by atoms with Gasteiger partial charge < -0.3 is 11.1 Å². The zero-order valence-corrected chi connectivity index (χ0v) is 12.7. The highest BCUT2D eigenvalue weighted by molar-refractivity contribution is 5.95. The summed E-state index contributed by atoms with van der Waals surface area (Å²) in [6, 6.07) is 4.96. The second-order valence-corrected chi connectivity index (χ2v) is 6.09. The number of rotatable bonds is 3. The SMILES string of the molecule is Cc1ccc(NC(=O)[C@@H](N)C(C)(C)C)cc1-n1cnnn1. The highest BCUT2D eigenvalue weighted by Crippen LogP contribution is 2.21. The monoisotopic (exact) mass is 288 g/mol. The van der Waals surface area contributed by atoms with Gasteiger partial charge >= 0.3 is 0 Å². The van der Waals surface area contributed by atoms with Crippen LogP contribution in [0.2, 0.25) is 0 Å². The van der Waals surface area contributed by atoms with E-state index in [2.05, 4.69) is 20.8 Å². The molecule has 0 fully saturated rings. The molecular formula is C14H20N6O. The van der Waals surface area contributed by atoms with Gasteiger partial charge in [0.1, 0.15) is 6.33 Å². The van der Waals surface area contributed by atoms with Crippen molar-refractivity contribution >= 4 is 11.6 Å². The maximum atomic E-state index is 12.2. The molecule has 2 rings (SSSR count). The van der Waals surface area contributed by atoms with Gasteiger partial charge in [0.2, 0.25) is 5.91 Å². The summed E-state index contributed by atoms with van der Waals surface area (Å²) in [5.41, 5.74) is 8.13. The predicted molar refractivity (Wildman–Crippen MR) is 80.0 cm³/mol. The molecule has 7 heteroatoms. The van der Waals surface area contributed by atoms with Gasteiger partial charge in [-0.2, -0.15) is 0 Å². The van der Waals surface area contributed by atoms with Gasteiger partial charge in [-0.05, 0) is 40.5 Å². The Kier molecular flexibility index (Phi) is 4.04. The van der Waals surface area contributed by atoms with Crippen molar-refractivity contribution in [3.63, 3.8) is 0 Å². The molecule has 0 unspecified atom stereocenters. The second-order valence-electron chi connectivity index (χ2n) is 6.09. The highest BCUT2D eigenvalue weighted by atomic mass is 16.2. The summed E-state index contributed by atoms with van der Waals surface area (Å²) >= 11 is 0. The fourth-order valence-corrected chi connectivity index (χ4v) is 1.82. The third kappa shape index (κ3) is 3.43. The summed E-state index contributed by atoms with van der Waals surface area (Å²) < 4.78 is 1.55. The molecule has 3 N–H and O–H groups in total. The maximum Gasteiger partial charge on any atom is 0.241 e. The predicted octanol–water partition coefficient (Wildman–Crippen LogP) is 1.28. The summed E-state index contributed by atoms with van der Waals surface area (Å²) in [6.45, 7) is 7.74. The number of anilines is 1. The van der Waals surface area contributed by atoms with Crippen LogP contribution in [0, 0.1) is 12.3 Å². The zero-order chi connectivity index (χ0) is 15.6. The van der Waals surface area contributed by atoms with Crippen LogP contribution in [-0.2, 0) is 4.79 Å². The average Bonchev–Trinajstić information content (AvgIpc) is 2.92. The van der Waals surface area contributed by atoms with Crippen LogP contribution < -0.4 is 11.1 Å². The van der Waals surface area contributed by atoms with Crippen molar-refractivity contribution in [3.8, 4) is 5.69 Å². The van der Waals surface area contributed by atoms with Crippen molar-refractivity contribution < 1.29 is 4.79 Å². The standard InChI is InChI=1S/C14H20N6O/c1-9-5-6-10(7-11(9)20-8-16-18-19-20)17-13(21)12(15)14(2,3)4/h5-8,12H,15H2,1-4H3,(H,17,21)/t12-/m1/s1. The van der Waals surface area contributed by atoms with Crippen molar-refractivity contribution in [1.29, 1.82) is 0 Å². The van der Waals surface area contributed by atoms with Crippen molar-refractivity contribution in [1.82, 2.24) is 20.2 Å². The Morgan fingerprint density at radius 1 is 1.38 bits per heavy atom. The molecule has 1 amide bonds. The molecule has 0 aliphatic carbocycles. The van der Waals surface area contributed by atoms with Crippen molar-refractivity contribution in [3.05, 3.63) is 30.1 Å². The molecule has 7 nitrogen and oxygen atoms in total. The number of hydrogen-bond donors (Lipinski definition) is 2. The van der Waals surface area contributed by atoms with E-state index in [1.54, 1.807) is 4.68 Å². The lowest BCUT2D eigenvalue weighted by Gasteiger charge is -2.25. The Morgan fingerprint density at radius 2 is 2.10 bits per heavy atom. The number of aryl methyl sites for hydroxylation is 1. The van der Waals surface area contributed by atoms with Gasteiger partial charge in [-0.3, -0.25) is 4.79 Å². The van der Waals surface area contributed by atoms with E-state index in [1.807, 2.05) is 45.9 Å². The minimum absolute atomic E-state index is 0.214. The molecule has 1 aromatic heterocycles. The number of nitrogens with zero attached hydrogens (tertiary/aromatic N) is 4. The molecule has 2 aromatic rings. The number of carbonyl (C=O) groups excluding carboxylic acids is 1. The highest BCUT2D eigenvalue weighted by Gasteiger charge is 2.27. The summed E-state index contributed by atoms with van der Waals surface area (Å²) in [7, 11) is 0. The van der Waals surface area contributed by atoms with E-state index in [0.717, 1.165) is 11.3 Å². The third-order valence-corrected chi connectivity index (χ3v) is 3.29. The van der Waals surface area contributed by atoms with Gasteiger partial charge in [0.05, 0.1) is 11.7 Å². The van der Waals surface area contributed by atoms with Crippen LogP contribution >= 0.6 is 0 Å². The van der Waals surface area contributed by atoms with Gasteiger partial charge in [-0.1, -0.05) is 26.8 Å². The topological polar surface area (TPSA) is 98.7 Å². The lowest BCUT2D eigenvalue weighted by molar-refractivity contribution is -0.119. The normalized spacial score (nSPS) is 13.0. The lowest BCUT2D eigenvalue weighted by atomic mass is 9.87. The quantitative estimate of drug-likeness (QED) is 0.886. The Bertz CT molecular complexity index is 629. The second kappa shape index (κ2) is 5.61. The first-order chi connectivity index (χ1) is 9.79. The smallest absolute Gasteiger partial charge is 0.241 e. The number of nitrogens with two attached hydrogens (primary N) is 1. The molecule has 0 saturated heterocycles. The van der Waals surface area contributed by atoms with Crippen LogP contribution in [-0.4, -0.2) is 32.2 Å². The van der Waals surface area contributed by atoms with Crippen LogP contribution in [0.1, 0.15) is 26.3 Å². The molecule has 0 spiro atoms. The molecule has 0 aliphatic heterocycles. The number of nitrogens with one attached hydrogen (secondary N) is 1. The van der Waals surface area contributed by atoms with Crippen LogP contribution in [0.15, 0.2) is 24.5 Å². The number of tetrazole rings is 1. The van der Waals surface area contributed by atoms with Crippen LogP contribution in [0.4, 0.5) is 5.69 Å². The van der Waals surface area contributed by atoms with Gasteiger partial charge in [0.15, 0.2) is 0 Å². The maximum absolute atomic E-state index is 12.2. The largest absolute Gasteiger partial charge is 0.325 e. The summed E-state index contributed by atoms with van der Waals surface area (Å²) in [4.78, 5) is 12.2. The molecule has 0 bridgehead atoms. The van der Waals surface area contributed by atoms with Crippen LogP contribution in [0.3, 0.4) is 0 Å². The molecule has 0 saturated carbocycles. The first kappa shape index (κ1) is 15.1. The molecule has 21 heavy (non-hydrogen) atoms. The Labute approximate surface area is 123 Å². The van der Waals surface area contributed by atoms with E-state index in [1.165, 1.54) is 6.33 Å². The average molecular weight is 288 g/mol. The van der Waals surface area contributed by atoms with Crippen molar-refractivity contribution in [2.45, 2.75) is 33.7 Å². The van der Waals surface area contributed by atoms with Crippen molar-refractivity contribution in [2.24, 2.45) is 11.1 Å². The van der Waals surface area contributed by atoms with Crippen LogP contribution in [0.25, 0.3) is 5.69 Å². The van der Waals surface area contributed by atoms with Gasteiger partial charge in [0.25, 0.3) is 0 Å². The summed E-state index contributed by atoms with van der Waals surface area (Å²) in [5.74, 6) is -0.214. The number of aromatic nitrogens is 4. The molecule has 1 aromatic carbocycles. The first-order valence-corrected chi connectivity index (χ1v) is 6.69. The fraction of sp³-hybridized carbons (Fsp3) is 0.429. The first-order valence-electron chi connectivity index (χ1n) is 6.69. The molecule has 1 atom stereocenters. The van der Waals surface area contributed by atoms with E-state index in [4.69, 9.17) is 5.73 Å². The van der Waals surface area contributed by atoms with E-state index in [0.29, 0.717) is 5.69 Å². The van der Waals surface area contributed by atoms with Gasteiger partial charge in [0, 0.05) is 5.69 Å². The number of amides is 1. The summed E-state index contributed by atoms with van der Waals surface area (Å²) in [6.07, 6.45) is 1.51. The number of hydrogen-bond acceptors (Lipinski definition) is 5. The molecule has 0 radical (unpaired) electrons. The van der Waals surface area contributed by atoms with Crippen LogP contribution in [0.5, 0.6) is 0 Å². The molecule has 0 aliphatic rings. The minimum Gasteiger partial charge on any atom is -0.325 e. The van der Waals surface area contributed by atoms with E-state index < -0.39 is 6.04 Å².